The second-order valence-corrected chi connectivity index (χ2v) is 17.9. The molecule has 0 N–H and O–H groups in total. The zero-order chi connectivity index (χ0) is 45.7. The van der Waals surface area contributed by atoms with Crippen LogP contribution in [-0.4, -0.2) is 0 Å². The molecule has 324 valence electrons. The van der Waals surface area contributed by atoms with Crippen LogP contribution in [0.5, 0.6) is 0 Å². The van der Waals surface area contributed by atoms with Crippen LogP contribution in [0.15, 0.2) is 277 Å². The topological polar surface area (TPSA) is 16.4 Å². The molecule has 0 unspecified atom stereocenters. The Morgan fingerprint density at radius 1 is 0.290 bits per heavy atom. The normalized spacial score (nSPS) is 12.5. The van der Waals surface area contributed by atoms with Gasteiger partial charge in [0.05, 0.1) is 5.41 Å². The maximum absolute atomic E-state index is 6.50. The maximum Gasteiger partial charge on any atom is 0.143 e. The van der Waals surface area contributed by atoms with E-state index in [9.17, 15) is 0 Å². The quantitative estimate of drug-likeness (QED) is 0.144. The van der Waals surface area contributed by atoms with E-state index in [2.05, 4.69) is 266 Å². The first kappa shape index (κ1) is 40.3. The number of rotatable bonds is 9. The smallest absolute Gasteiger partial charge is 0.143 e. The predicted molar refractivity (Wildman–Crippen MR) is 287 cm³/mol. The summed E-state index contributed by atoms with van der Waals surface area (Å²) in [5.41, 5.74) is 21.5. The first-order valence-electron chi connectivity index (χ1n) is 23.7. The van der Waals surface area contributed by atoms with Gasteiger partial charge in [0.15, 0.2) is 0 Å². The highest BCUT2D eigenvalue weighted by atomic mass is 16.3. The lowest BCUT2D eigenvalue weighted by molar-refractivity contribution is 0.670. The average molecular weight is 880 g/mol. The summed E-state index contributed by atoms with van der Waals surface area (Å²) in [7, 11) is 0. The Kier molecular flexibility index (Phi) is 9.77. The zero-order valence-electron chi connectivity index (χ0n) is 37.8. The monoisotopic (exact) mass is 879 g/mol. The highest BCUT2D eigenvalue weighted by molar-refractivity contribution is 6.09. The summed E-state index contributed by atoms with van der Waals surface area (Å²) in [6.45, 7) is 0. The van der Waals surface area contributed by atoms with Crippen LogP contribution in [0.1, 0.15) is 22.3 Å². The van der Waals surface area contributed by atoms with Crippen LogP contribution < -0.4 is 4.90 Å². The lowest BCUT2D eigenvalue weighted by Gasteiger charge is -2.34. The van der Waals surface area contributed by atoms with Crippen molar-refractivity contribution >= 4 is 39.0 Å². The van der Waals surface area contributed by atoms with Crippen LogP contribution in [0, 0.1) is 0 Å². The summed E-state index contributed by atoms with van der Waals surface area (Å²) in [6.07, 6.45) is 0. The van der Waals surface area contributed by atoms with Gasteiger partial charge in [-0.25, -0.2) is 0 Å². The summed E-state index contributed by atoms with van der Waals surface area (Å²) in [6, 6.07) is 99.1. The average Bonchev–Trinajstić information content (AvgIpc) is 3.97. The van der Waals surface area contributed by atoms with Gasteiger partial charge < -0.3 is 9.32 Å². The number of fused-ring (bicyclic) bond motifs is 6. The van der Waals surface area contributed by atoms with Gasteiger partial charge in [0.1, 0.15) is 11.2 Å². The lowest BCUT2D eigenvalue weighted by Crippen LogP contribution is -2.28. The van der Waals surface area contributed by atoms with E-state index in [1.54, 1.807) is 0 Å². The Bertz CT molecular complexity index is 3780. The third kappa shape index (κ3) is 6.64. The molecule has 0 spiro atoms. The van der Waals surface area contributed by atoms with Gasteiger partial charge in [-0.1, -0.05) is 231 Å². The number of benzene rings is 11. The van der Waals surface area contributed by atoms with E-state index in [1.165, 1.54) is 61.2 Å². The third-order valence-corrected chi connectivity index (χ3v) is 14.2. The minimum absolute atomic E-state index is 0.483. The molecule has 12 aromatic rings. The van der Waals surface area contributed by atoms with E-state index in [1.807, 2.05) is 12.1 Å². The largest absolute Gasteiger partial charge is 0.455 e. The predicted octanol–water partition coefficient (Wildman–Crippen LogP) is 18.1. The Hall–Kier alpha value is -8.98. The molecule has 0 atom stereocenters. The fourth-order valence-corrected chi connectivity index (χ4v) is 11.2. The number of furan rings is 1. The van der Waals surface area contributed by atoms with Crippen molar-refractivity contribution in [3.8, 4) is 55.6 Å². The van der Waals surface area contributed by atoms with Crippen molar-refractivity contribution in [1.82, 2.24) is 0 Å². The van der Waals surface area contributed by atoms with Crippen molar-refractivity contribution in [2.75, 3.05) is 4.90 Å². The van der Waals surface area contributed by atoms with Crippen LogP contribution in [0.3, 0.4) is 0 Å². The fourth-order valence-electron chi connectivity index (χ4n) is 11.2. The van der Waals surface area contributed by atoms with Crippen LogP contribution >= 0.6 is 0 Å². The van der Waals surface area contributed by atoms with E-state index in [4.69, 9.17) is 4.42 Å². The Balaban J connectivity index is 0.962. The molecule has 0 radical (unpaired) electrons. The molecule has 0 fully saturated rings. The number of nitrogens with zero attached hydrogens (tertiary/aromatic N) is 1. The van der Waals surface area contributed by atoms with Gasteiger partial charge in [-0.15, -0.1) is 0 Å². The van der Waals surface area contributed by atoms with E-state index >= 15 is 0 Å². The van der Waals surface area contributed by atoms with Crippen LogP contribution in [0.25, 0.3) is 77.6 Å². The van der Waals surface area contributed by atoms with Gasteiger partial charge in [0.2, 0.25) is 0 Å². The summed E-state index contributed by atoms with van der Waals surface area (Å²) < 4.78 is 6.50. The molecular formula is C67H45NO. The van der Waals surface area contributed by atoms with Gasteiger partial charge >= 0.3 is 0 Å². The van der Waals surface area contributed by atoms with Gasteiger partial charge in [-0.05, 0) is 115 Å². The molecule has 1 aliphatic carbocycles. The SMILES string of the molecule is c1ccc(-c2ccccc2-c2ccc(N(c3ccc(-c4cccc5c4oc4ccccc45)cc3)c3cccc(-c4cccc5c4-c4ccccc4C5(c4ccccc4)c4ccccc4)c3)cc2)cc1. The minimum atomic E-state index is -0.483. The highest BCUT2D eigenvalue weighted by Crippen LogP contribution is 2.58. The molecule has 2 nitrogen and oxygen atoms in total. The number of anilines is 3. The number of hydrogen-bond donors (Lipinski definition) is 0. The molecule has 0 saturated heterocycles. The Morgan fingerprint density at radius 2 is 0.754 bits per heavy atom. The van der Waals surface area contributed by atoms with Crippen molar-refractivity contribution in [3.05, 3.63) is 295 Å². The van der Waals surface area contributed by atoms with Crippen molar-refractivity contribution < 1.29 is 4.42 Å². The second kappa shape index (κ2) is 16.7. The van der Waals surface area contributed by atoms with Crippen LogP contribution in [-0.2, 0) is 5.41 Å². The summed E-state index contributed by atoms with van der Waals surface area (Å²) in [4.78, 5) is 2.39. The van der Waals surface area contributed by atoms with Gasteiger partial charge in [0.25, 0.3) is 0 Å². The molecule has 1 aliphatic rings. The molecule has 0 bridgehead atoms. The summed E-state index contributed by atoms with van der Waals surface area (Å²) in [5, 5.41) is 2.25. The van der Waals surface area contributed by atoms with Crippen LogP contribution in [0.4, 0.5) is 17.1 Å². The first-order valence-corrected chi connectivity index (χ1v) is 23.7. The molecule has 0 saturated carbocycles. The summed E-state index contributed by atoms with van der Waals surface area (Å²) in [5.74, 6) is 0. The Labute approximate surface area is 402 Å². The number of hydrogen-bond acceptors (Lipinski definition) is 2. The van der Waals surface area contributed by atoms with Gasteiger partial charge in [0, 0.05) is 33.4 Å². The molecular weight excluding hydrogens is 835 g/mol. The molecule has 69 heavy (non-hydrogen) atoms. The molecule has 1 aromatic heterocycles. The molecule has 2 heteroatoms. The molecule has 1 heterocycles. The summed E-state index contributed by atoms with van der Waals surface area (Å²) >= 11 is 0. The fraction of sp³-hybridized carbons (Fsp3) is 0.0149. The van der Waals surface area contributed by atoms with E-state index in [0.717, 1.165) is 55.7 Å². The highest BCUT2D eigenvalue weighted by Gasteiger charge is 2.46. The van der Waals surface area contributed by atoms with Crippen LogP contribution in [0.2, 0.25) is 0 Å². The van der Waals surface area contributed by atoms with Crippen molar-refractivity contribution in [2.45, 2.75) is 5.41 Å². The van der Waals surface area contributed by atoms with Gasteiger partial charge in [-0.2, -0.15) is 0 Å². The van der Waals surface area contributed by atoms with E-state index < -0.39 is 5.41 Å². The van der Waals surface area contributed by atoms with Crippen molar-refractivity contribution in [1.29, 1.82) is 0 Å². The van der Waals surface area contributed by atoms with Gasteiger partial charge in [-0.3, -0.25) is 0 Å². The lowest BCUT2D eigenvalue weighted by atomic mass is 9.67. The van der Waals surface area contributed by atoms with Crippen molar-refractivity contribution in [3.63, 3.8) is 0 Å². The minimum Gasteiger partial charge on any atom is -0.455 e. The van der Waals surface area contributed by atoms with E-state index in [0.29, 0.717) is 0 Å². The molecule has 0 aliphatic heterocycles. The van der Waals surface area contributed by atoms with E-state index in [-0.39, 0.29) is 0 Å². The standard InChI is InChI=1S/C67H45NO/c1-4-19-46(20-5-1)55-27-10-11-28-56(55)47-37-41-52(42-38-47)68(53-43-39-48(40-44-53)58-32-17-33-60-59-29-13-15-36-64(59)69-66(58)60)54-26-16-21-49(45-54)57-31-18-35-63-65(57)61-30-12-14-34-62(61)67(63,50-22-6-2-7-23-50)51-24-8-3-9-25-51/h1-45H. The third-order valence-electron chi connectivity index (χ3n) is 14.2. The zero-order valence-corrected chi connectivity index (χ0v) is 37.8. The Morgan fingerprint density at radius 3 is 1.43 bits per heavy atom. The molecule has 11 aromatic carbocycles. The maximum atomic E-state index is 6.50. The number of para-hydroxylation sites is 2. The molecule has 0 amide bonds. The second-order valence-electron chi connectivity index (χ2n) is 17.9. The van der Waals surface area contributed by atoms with Crippen molar-refractivity contribution in [2.24, 2.45) is 0 Å². The molecule has 13 rings (SSSR count). The first-order chi connectivity index (χ1) is 34.2.